The summed E-state index contributed by atoms with van der Waals surface area (Å²) >= 11 is 0. The lowest BCUT2D eigenvalue weighted by molar-refractivity contribution is -0.136. The molecular weight excluding hydrogens is 494 g/mol. The van der Waals surface area contributed by atoms with Gasteiger partial charge in [0.2, 0.25) is 16.6 Å². The lowest BCUT2D eigenvalue weighted by Gasteiger charge is -2.17. The summed E-state index contributed by atoms with van der Waals surface area (Å²) in [5.74, 6) is -0.0995. The molecule has 10 heteroatoms. The molecule has 9 nitrogen and oxygen atoms in total. The Morgan fingerprint density at radius 2 is 1.95 bits per heavy atom. The fourth-order valence-electron chi connectivity index (χ4n) is 4.32. The average molecular weight is 526 g/mol. The van der Waals surface area contributed by atoms with Crippen molar-refractivity contribution in [3.63, 3.8) is 0 Å². The highest BCUT2D eigenvalue weighted by molar-refractivity contribution is 7.69. The number of amides is 1. The number of aromatic nitrogens is 1. The van der Waals surface area contributed by atoms with Crippen molar-refractivity contribution in [3.05, 3.63) is 64.9 Å². The Morgan fingerprint density at radius 3 is 2.54 bits per heavy atom. The van der Waals surface area contributed by atoms with Crippen LogP contribution >= 0.6 is 0 Å². The van der Waals surface area contributed by atoms with Crippen LogP contribution in [0.15, 0.2) is 46.9 Å². The number of aryl methyl sites for hydroxylation is 1. The number of pyridine rings is 1. The van der Waals surface area contributed by atoms with Crippen molar-refractivity contribution >= 4 is 33.9 Å². The number of fused-ring (bicyclic) bond motifs is 1. The molecule has 4 rings (SSSR count). The van der Waals surface area contributed by atoms with E-state index in [1.54, 1.807) is 7.05 Å². The molecule has 2 aromatic heterocycles. The Morgan fingerprint density at radius 1 is 1.24 bits per heavy atom. The first-order valence-corrected chi connectivity index (χ1v) is 13.3. The van der Waals surface area contributed by atoms with E-state index in [1.165, 1.54) is 11.4 Å². The van der Waals surface area contributed by atoms with E-state index in [9.17, 15) is 18.0 Å². The van der Waals surface area contributed by atoms with Crippen LogP contribution in [0.2, 0.25) is 0 Å². The second-order valence-electron chi connectivity index (χ2n) is 9.23. The molecule has 1 aliphatic carbocycles. The largest absolute Gasteiger partial charge is 0.466 e. The summed E-state index contributed by atoms with van der Waals surface area (Å²) in [6.07, 6.45) is 2.68. The maximum absolute atomic E-state index is 12.9. The Labute approximate surface area is 217 Å². The van der Waals surface area contributed by atoms with E-state index in [4.69, 9.17) is 9.40 Å². The topological polar surface area (TPSA) is 119 Å². The number of nitrogens with one attached hydrogen (secondary N) is 1. The first-order chi connectivity index (χ1) is 17.7. The van der Waals surface area contributed by atoms with Crippen molar-refractivity contribution in [2.75, 3.05) is 20.7 Å². The third-order valence-corrected chi connectivity index (χ3v) is 7.32. The summed E-state index contributed by atoms with van der Waals surface area (Å²) in [4.78, 5) is 29.2. The Kier molecular flexibility index (Phi) is 8.09. The molecule has 0 unspecified atom stereocenters. The van der Waals surface area contributed by atoms with Gasteiger partial charge in [-0.1, -0.05) is 36.4 Å². The van der Waals surface area contributed by atoms with Crippen molar-refractivity contribution in [3.8, 4) is 11.3 Å². The van der Waals surface area contributed by atoms with Crippen molar-refractivity contribution in [1.82, 2.24) is 14.6 Å². The summed E-state index contributed by atoms with van der Waals surface area (Å²) in [7, 11) is -0.0399. The van der Waals surface area contributed by atoms with Gasteiger partial charge in [-0.3, -0.25) is 4.79 Å². The minimum absolute atomic E-state index is 0.0705. The van der Waals surface area contributed by atoms with Crippen molar-refractivity contribution in [2.24, 2.45) is 0 Å². The zero-order valence-electron chi connectivity index (χ0n) is 21.2. The van der Waals surface area contributed by atoms with E-state index in [0.29, 0.717) is 40.8 Å². The van der Waals surface area contributed by atoms with Crippen LogP contribution in [0.1, 0.15) is 58.8 Å². The van der Waals surface area contributed by atoms with Gasteiger partial charge in [0.1, 0.15) is 5.76 Å². The number of ether oxygens (including phenoxy) is 1. The van der Waals surface area contributed by atoms with Crippen LogP contribution in [0.5, 0.6) is 0 Å². The van der Waals surface area contributed by atoms with Gasteiger partial charge in [0.25, 0.3) is 5.91 Å². The molecule has 0 bridgehead atoms. The quantitative estimate of drug-likeness (QED) is 0.222. The second-order valence-corrected chi connectivity index (χ2v) is 10.3. The van der Waals surface area contributed by atoms with Crippen LogP contribution in [0.3, 0.4) is 0 Å². The van der Waals surface area contributed by atoms with Crippen LogP contribution in [0.4, 0.5) is 0 Å². The summed E-state index contributed by atoms with van der Waals surface area (Å²) in [5.41, 5.74) is 4.36. The van der Waals surface area contributed by atoms with Gasteiger partial charge in [0, 0.05) is 24.7 Å². The lowest BCUT2D eigenvalue weighted by Crippen LogP contribution is -2.24. The third kappa shape index (κ3) is 5.91. The lowest BCUT2D eigenvalue weighted by atomic mass is 10.0. The normalized spacial score (nSPS) is 13.3. The highest BCUT2D eigenvalue weighted by Gasteiger charge is 2.31. The highest BCUT2D eigenvalue weighted by atomic mass is 32.2. The van der Waals surface area contributed by atoms with Crippen molar-refractivity contribution in [1.29, 1.82) is 0 Å². The smallest absolute Gasteiger partial charge is 0.333 e. The van der Waals surface area contributed by atoms with Gasteiger partial charge in [-0.25, -0.2) is 18.2 Å². The van der Waals surface area contributed by atoms with E-state index in [2.05, 4.69) is 16.6 Å². The van der Waals surface area contributed by atoms with Gasteiger partial charge in [-0.05, 0) is 50.2 Å². The van der Waals surface area contributed by atoms with Crippen LogP contribution in [0.25, 0.3) is 22.4 Å². The zero-order chi connectivity index (χ0) is 26.7. The third-order valence-electron chi connectivity index (χ3n) is 6.51. The van der Waals surface area contributed by atoms with E-state index in [1.807, 2.05) is 37.3 Å². The minimum Gasteiger partial charge on any atom is -0.466 e. The molecule has 196 valence electrons. The Bertz CT molecular complexity index is 1410. The van der Waals surface area contributed by atoms with Crippen LogP contribution in [-0.4, -0.2) is 50.3 Å². The molecule has 0 aliphatic heterocycles. The Balaban J connectivity index is 1.70. The predicted molar refractivity (Wildman–Crippen MR) is 141 cm³/mol. The number of furan rings is 1. The van der Waals surface area contributed by atoms with Crippen molar-refractivity contribution < 1.29 is 27.2 Å². The molecule has 0 radical (unpaired) electrons. The van der Waals surface area contributed by atoms with Gasteiger partial charge in [-0.15, -0.1) is 0 Å². The number of nitrogens with zero attached hydrogens (tertiary/aromatic N) is 2. The Hall–Kier alpha value is -3.50. The number of esters is 1. The van der Waals surface area contributed by atoms with Crippen LogP contribution < -0.4 is 5.32 Å². The van der Waals surface area contributed by atoms with E-state index >= 15 is 0 Å². The number of carbonyl (C=O) groups excluding carboxylic acids is 2. The van der Waals surface area contributed by atoms with Crippen molar-refractivity contribution in [2.45, 2.75) is 45.1 Å². The number of methoxy groups -OCH3 is 1. The molecule has 37 heavy (non-hydrogen) atoms. The fourth-order valence-corrected chi connectivity index (χ4v) is 4.87. The molecule has 0 saturated heterocycles. The highest BCUT2D eigenvalue weighted by Crippen LogP contribution is 2.44. The molecule has 1 fully saturated rings. The molecule has 1 aromatic carbocycles. The number of benzene rings is 1. The first kappa shape index (κ1) is 26.6. The van der Waals surface area contributed by atoms with E-state index in [0.717, 1.165) is 29.5 Å². The number of rotatable bonds is 11. The molecule has 1 N–H and O–H groups in total. The van der Waals surface area contributed by atoms with Gasteiger partial charge < -0.3 is 14.5 Å². The number of hydrogen-bond donors (Lipinski definition) is 2. The second kappa shape index (κ2) is 11.3. The molecule has 3 aromatic rings. The van der Waals surface area contributed by atoms with E-state index in [-0.39, 0.29) is 30.6 Å². The summed E-state index contributed by atoms with van der Waals surface area (Å²) in [6.45, 7) is 5.95. The number of thiol groups is 1. The molecule has 1 aliphatic rings. The standard InChI is InChI=1S/C27H31N3O6S/c1-16-7-9-19(10-8-16)24-23(25(31)28-3)21-14-20(18-11-12-18)22(29-26(21)36-24)15-30(37(33)34)13-5-6-17(2)27(32)35-4/h7-10,14,18,37H,2,5-6,11-13,15H2,1,3-4H3,(H,28,31). The SMILES string of the molecule is C=C(CCCN(Cc1nc2oc(-c3ccc(C)cc3)c(C(=O)NC)c2cc1C1CC1)[SH](=O)=O)C(=O)OC. The maximum atomic E-state index is 12.9. The molecule has 0 atom stereocenters. The zero-order valence-corrected chi connectivity index (χ0v) is 22.1. The van der Waals surface area contributed by atoms with Gasteiger partial charge >= 0.3 is 5.97 Å². The number of carbonyl (C=O) groups is 2. The van der Waals surface area contributed by atoms with E-state index < -0.39 is 16.9 Å². The molecule has 0 spiro atoms. The summed E-state index contributed by atoms with van der Waals surface area (Å²) in [6, 6.07) is 9.61. The van der Waals surface area contributed by atoms with Crippen LogP contribution in [0, 0.1) is 6.92 Å². The predicted octanol–water partition coefficient (Wildman–Crippen LogP) is 3.88. The average Bonchev–Trinajstić information content (AvgIpc) is 3.67. The molecule has 2 heterocycles. The van der Waals surface area contributed by atoms with Gasteiger partial charge in [0.05, 0.1) is 30.3 Å². The number of hydrogen-bond acceptors (Lipinski definition) is 7. The fraction of sp³-hybridized carbons (Fsp3) is 0.370. The maximum Gasteiger partial charge on any atom is 0.333 e. The molecular formula is C27H31N3O6S. The first-order valence-electron chi connectivity index (χ1n) is 12.1. The van der Waals surface area contributed by atoms with Gasteiger partial charge in [0.15, 0.2) is 0 Å². The molecule has 1 amide bonds. The minimum atomic E-state index is -2.89. The molecule has 1 saturated carbocycles. The summed E-state index contributed by atoms with van der Waals surface area (Å²) in [5, 5.41) is 3.30. The van der Waals surface area contributed by atoms with Gasteiger partial charge in [-0.2, -0.15) is 4.31 Å². The monoisotopic (exact) mass is 525 g/mol. The van der Waals surface area contributed by atoms with Crippen LogP contribution in [-0.2, 0) is 27.0 Å². The summed E-state index contributed by atoms with van der Waals surface area (Å²) < 4.78 is 36.2.